The van der Waals surface area contributed by atoms with Crippen LogP contribution in [0.4, 0.5) is 0 Å². The van der Waals surface area contributed by atoms with E-state index in [4.69, 9.17) is 23.2 Å². The number of amides is 1. The summed E-state index contributed by atoms with van der Waals surface area (Å²) in [6.07, 6.45) is 1.41. The molecule has 1 rings (SSSR count). The summed E-state index contributed by atoms with van der Waals surface area (Å²) in [6.45, 7) is 5.37. The maximum atomic E-state index is 11.4. The van der Waals surface area contributed by atoms with Crippen LogP contribution in [0.3, 0.4) is 0 Å². The molecular formula is C14H20Cl2N2O. The number of hydrogen-bond donors (Lipinski definition) is 2. The van der Waals surface area contributed by atoms with E-state index >= 15 is 0 Å². The fraction of sp³-hybridized carbons (Fsp3) is 0.500. The van der Waals surface area contributed by atoms with Crippen molar-refractivity contribution in [2.75, 3.05) is 13.1 Å². The molecule has 0 aliphatic rings. The summed E-state index contributed by atoms with van der Waals surface area (Å²) in [5, 5.41) is 7.23. The molecule has 0 radical (unpaired) electrons. The molecule has 1 atom stereocenters. The number of carbonyl (C=O) groups is 1. The summed E-state index contributed by atoms with van der Waals surface area (Å²) in [4.78, 5) is 11.4. The summed E-state index contributed by atoms with van der Waals surface area (Å²) in [5.41, 5.74) is 0.947. The molecular weight excluding hydrogens is 283 g/mol. The zero-order chi connectivity index (χ0) is 14.3. The molecule has 0 fully saturated rings. The van der Waals surface area contributed by atoms with E-state index in [9.17, 15) is 4.79 Å². The maximum Gasteiger partial charge on any atom is 0.221 e. The van der Waals surface area contributed by atoms with E-state index in [0.29, 0.717) is 23.0 Å². The number of hydrogen-bond acceptors (Lipinski definition) is 2. The summed E-state index contributed by atoms with van der Waals surface area (Å²) >= 11 is 12.1. The van der Waals surface area contributed by atoms with Crippen LogP contribution in [0, 0.1) is 0 Å². The van der Waals surface area contributed by atoms with Gasteiger partial charge in [0.25, 0.3) is 0 Å². The molecule has 3 nitrogen and oxygen atoms in total. The third-order valence-electron chi connectivity index (χ3n) is 2.82. The molecule has 0 bridgehead atoms. The van der Waals surface area contributed by atoms with Gasteiger partial charge in [-0.05, 0) is 25.0 Å². The van der Waals surface area contributed by atoms with Crippen molar-refractivity contribution in [3.63, 3.8) is 0 Å². The van der Waals surface area contributed by atoms with E-state index in [-0.39, 0.29) is 11.9 Å². The van der Waals surface area contributed by atoms with Crippen LogP contribution in [0.25, 0.3) is 0 Å². The van der Waals surface area contributed by atoms with E-state index in [1.54, 1.807) is 6.07 Å². The van der Waals surface area contributed by atoms with Gasteiger partial charge in [-0.2, -0.15) is 0 Å². The van der Waals surface area contributed by atoms with Gasteiger partial charge in [0.1, 0.15) is 0 Å². The molecule has 0 spiro atoms. The average Bonchev–Trinajstić information content (AvgIpc) is 2.39. The van der Waals surface area contributed by atoms with Crippen molar-refractivity contribution in [3.8, 4) is 0 Å². The first-order valence-corrected chi connectivity index (χ1v) is 7.25. The van der Waals surface area contributed by atoms with Crippen LogP contribution < -0.4 is 10.6 Å². The van der Waals surface area contributed by atoms with Crippen LogP contribution in [0.1, 0.15) is 38.3 Å². The van der Waals surface area contributed by atoms with Crippen molar-refractivity contribution in [3.05, 3.63) is 33.8 Å². The molecule has 0 aliphatic carbocycles. The Morgan fingerprint density at radius 2 is 2.05 bits per heavy atom. The Balaban J connectivity index is 2.41. The highest BCUT2D eigenvalue weighted by Crippen LogP contribution is 2.29. The van der Waals surface area contributed by atoms with Crippen molar-refractivity contribution in [2.24, 2.45) is 0 Å². The molecule has 19 heavy (non-hydrogen) atoms. The molecule has 1 amide bonds. The second-order valence-electron chi connectivity index (χ2n) is 4.42. The van der Waals surface area contributed by atoms with Crippen molar-refractivity contribution >= 4 is 29.1 Å². The zero-order valence-corrected chi connectivity index (χ0v) is 12.8. The zero-order valence-electron chi connectivity index (χ0n) is 11.3. The van der Waals surface area contributed by atoms with E-state index in [1.807, 2.05) is 26.0 Å². The minimum atomic E-state index is 0.0603. The highest BCUT2D eigenvalue weighted by molar-refractivity contribution is 6.42. The quantitative estimate of drug-likeness (QED) is 0.808. The minimum Gasteiger partial charge on any atom is -0.356 e. The molecule has 0 aromatic heterocycles. The number of nitrogens with one attached hydrogen (secondary N) is 2. The molecule has 5 heteroatoms. The van der Waals surface area contributed by atoms with E-state index < -0.39 is 0 Å². The minimum absolute atomic E-state index is 0.0603. The lowest BCUT2D eigenvalue weighted by Crippen LogP contribution is -2.29. The Labute approximate surface area is 124 Å². The number of benzene rings is 1. The Bertz CT molecular complexity index is 424. The predicted molar refractivity (Wildman–Crippen MR) is 80.8 cm³/mol. The van der Waals surface area contributed by atoms with Gasteiger partial charge < -0.3 is 10.6 Å². The predicted octanol–water partition coefficient (Wildman–Crippen LogP) is 3.56. The molecule has 0 saturated carbocycles. The van der Waals surface area contributed by atoms with Gasteiger partial charge in [0.05, 0.1) is 10.0 Å². The largest absolute Gasteiger partial charge is 0.356 e. The third-order valence-corrected chi connectivity index (χ3v) is 3.66. The van der Waals surface area contributed by atoms with Gasteiger partial charge in [-0.1, -0.05) is 42.3 Å². The van der Waals surface area contributed by atoms with Crippen LogP contribution in [0.5, 0.6) is 0 Å². The van der Waals surface area contributed by atoms with E-state index in [1.165, 1.54) is 0 Å². The summed E-state index contributed by atoms with van der Waals surface area (Å²) in [7, 11) is 0. The summed E-state index contributed by atoms with van der Waals surface area (Å²) in [6, 6.07) is 5.63. The second kappa shape index (κ2) is 8.41. The van der Waals surface area contributed by atoms with Crippen molar-refractivity contribution in [1.82, 2.24) is 10.6 Å². The molecule has 2 N–H and O–H groups in total. The molecule has 0 heterocycles. The Kier molecular flexibility index (Phi) is 7.21. The van der Waals surface area contributed by atoms with Gasteiger partial charge in [-0.25, -0.2) is 0 Å². The lowest BCUT2D eigenvalue weighted by Gasteiger charge is -2.16. The van der Waals surface area contributed by atoms with Crippen LogP contribution >= 0.6 is 23.2 Å². The van der Waals surface area contributed by atoms with Gasteiger partial charge in [0.15, 0.2) is 0 Å². The monoisotopic (exact) mass is 302 g/mol. The number of rotatable bonds is 7. The SMILES string of the molecule is CCCNC(=O)CCNC(C)c1cccc(Cl)c1Cl. The van der Waals surface area contributed by atoms with Crippen molar-refractivity contribution in [1.29, 1.82) is 0 Å². The first kappa shape index (κ1) is 16.3. The smallest absolute Gasteiger partial charge is 0.221 e. The third kappa shape index (κ3) is 5.39. The van der Waals surface area contributed by atoms with Gasteiger partial charge >= 0.3 is 0 Å². The fourth-order valence-electron chi connectivity index (χ4n) is 1.72. The topological polar surface area (TPSA) is 41.1 Å². The Morgan fingerprint density at radius 3 is 2.74 bits per heavy atom. The van der Waals surface area contributed by atoms with Crippen LogP contribution in [-0.4, -0.2) is 19.0 Å². The molecule has 1 unspecified atom stereocenters. The van der Waals surface area contributed by atoms with Crippen LogP contribution in [-0.2, 0) is 4.79 Å². The van der Waals surface area contributed by atoms with Crippen molar-refractivity contribution < 1.29 is 4.79 Å². The summed E-state index contributed by atoms with van der Waals surface area (Å²) < 4.78 is 0. The lowest BCUT2D eigenvalue weighted by atomic mass is 10.1. The highest BCUT2D eigenvalue weighted by atomic mass is 35.5. The van der Waals surface area contributed by atoms with Crippen molar-refractivity contribution in [2.45, 2.75) is 32.7 Å². The highest BCUT2D eigenvalue weighted by Gasteiger charge is 2.11. The average molecular weight is 303 g/mol. The van der Waals surface area contributed by atoms with Gasteiger partial charge in [-0.3, -0.25) is 4.79 Å². The Hall–Kier alpha value is -0.770. The van der Waals surface area contributed by atoms with Gasteiger partial charge in [0.2, 0.25) is 5.91 Å². The second-order valence-corrected chi connectivity index (χ2v) is 5.20. The summed E-state index contributed by atoms with van der Waals surface area (Å²) in [5.74, 6) is 0.0683. The molecule has 0 aliphatic heterocycles. The first-order valence-electron chi connectivity index (χ1n) is 6.50. The van der Waals surface area contributed by atoms with Crippen LogP contribution in [0.2, 0.25) is 10.0 Å². The molecule has 1 aromatic carbocycles. The fourth-order valence-corrected chi connectivity index (χ4v) is 2.19. The van der Waals surface area contributed by atoms with Gasteiger partial charge in [0, 0.05) is 25.6 Å². The molecule has 106 valence electrons. The number of halogens is 2. The maximum absolute atomic E-state index is 11.4. The standard InChI is InChI=1S/C14H20Cl2N2O/c1-3-8-18-13(19)7-9-17-10(2)11-5-4-6-12(15)14(11)16/h4-6,10,17H,3,7-9H2,1-2H3,(H,18,19). The number of carbonyl (C=O) groups excluding carboxylic acids is 1. The van der Waals surface area contributed by atoms with Crippen LogP contribution in [0.15, 0.2) is 18.2 Å². The first-order chi connectivity index (χ1) is 9.06. The van der Waals surface area contributed by atoms with Gasteiger partial charge in [-0.15, -0.1) is 0 Å². The normalized spacial score (nSPS) is 12.2. The van der Waals surface area contributed by atoms with E-state index in [2.05, 4.69) is 10.6 Å². The lowest BCUT2D eigenvalue weighted by molar-refractivity contribution is -0.121. The molecule has 1 aromatic rings. The Morgan fingerprint density at radius 1 is 1.32 bits per heavy atom. The van der Waals surface area contributed by atoms with E-state index in [0.717, 1.165) is 18.5 Å². The molecule has 0 saturated heterocycles.